The lowest BCUT2D eigenvalue weighted by atomic mass is 9.86. The van der Waals surface area contributed by atoms with E-state index in [1.165, 1.54) is 0 Å². The normalized spacial score (nSPS) is 23.1. The van der Waals surface area contributed by atoms with Crippen LogP contribution in [0.25, 0.3) is 0 Å². The second kappa shape index (κ2) is 7.14. The summed E-state index contributed by atoms with van der Waals surface area (Å²) >= 11 is 0. The van der Waals surface area contributed by atoms with E-state index in [1.807, 2.05) is 18.7 Å². The smallest absolute Gasteiger partial charge is 0.318 e. The predicted octanol–water partition coefficient (Wildman–Crippen LogP) is 1.40. The molecule has 0 unspecified atom stereocenters. The van der Waals surface area contributed by atoms with Crippen LogP contribution in [0.1, 0.15) is 42.7 Å². The Morgan fingerprint density at radius 3 is 2.59 bits per heavy atom. The molecule has 148 valence electrons. The third-order valence-corrected chi connectivity index (χ3v) is 6.41. The molecule has 4 heterocycles. The molecule has 0 aliphatic carbocycles. The third-order valence-electron chi connectivity index (χ3n) is 6.41. The molecule has 1 spiro atoms. The van der Waals surface area contributed by atoms with Crippen LogP contribution in [-0.4, -0.2) is 71.3 Å². The topological polar surface area (TPSA) is 87.9 Å². The van der Waals surface area contributed by atoms with Gasteiger partial charge in [-0.2, -0.15) is 0 Å². The second-order valence-corrected chi connectivity index (χ2v) is 7.96. The van der Waals surface area contributed by atoms with Gasteiger partial charge in [-0.1, -0.05) is 5.16 Å². The van der Waals surface area contributed by atoms with Crippen LogP contribution in [0.4, 0.5) is 4.79 Å². The van der Waals surface area contributed by atoms with Gasteiger partial charge in [-0.3, -0.25) is 4.79 Å². The number of ether oxygens (including phenoxy) is 1. The van der Waals surface area contributed by atoms with Gasteiger partial charge in [-0.15, -0.1) is 0 Å². The van der Waals surface area contributed by atoms with Crippen molar-refractivity contribution in [3.8, 4) is 0 Å². The fraction of sp³-hybridized carbons (Fsp3) is 0.737. The highest BCUT2D eigenvalue weighted by Crippen LogP contribution is 2.35. The molecule has 27 heavy (non-hydrogen) atoms. The molecule has 3 amide bonds. The summed E-state index contributed by atoms with van der Waals surface area (Å²) in [5.41, 5.74) is 1.57. The number of carbonyl (C=O) groups excluding carboxylic acids is 2. The van der Waals surface area contributed by atoms with Crippen LogP contribution in [0.15, 0.2) is 4.52 Å². The Balaban J connectivity index is 1.38. The van der Waals surface area contributed by atoms with Gasteiger partial charge in [0.05, 0.1) is 17.7 Å². The first-order valence-corrected chi connectivity index (χ1v) is 9.85. The first kappa shape index (κ1) is 18.3. The van der Waals surface area contributed by atoms with Crippen LogP contribution >= 0.6 is 0 Å². The molecule has 8 nitrogen and oxygen atoms in total. The molecule has 4 rings (SSSR count). The highest BCUT2D eigenvalue weighted by molar-refractivity contribution is 5.80. The highest BCUT2D eigenvalue weighted by atomic mass is 16.5. The van der Waals surface area contributed by atoms with Crippen LogP contribution in [0.2, 0.25) is 0 Å². The van der Waals surface area contributed by atoms with Crippen molar-refractivity contribution < 1.29 is 18.8 Å². The number of rotatable bonds is 3. The minimum Gasteiger partial charge on any atom is -0.381 e. The fourth-order valence-corrected chi connectivity index (χ4v) is 4.74. The molecule has 3 fully saturated rings. The Morgan fingerprint density at radius 2 is 1.96 bits per heavy atom. The van der Waals surface area contributed by atoms with Crippen molar-refractivity contribution >= 4 is 11.9 Å². The number of likely N-dealkylation sites (tertiary alicyclic amines) is 1. The second-order valence-electron chi connectivity index (χ2n) is 7.96. The van der Waals surface area contributed by atoms with E-state index in [-0.39, 0.29) is 23.5 Å². The van der Waals surface area contributed by atoms with Crippen molar-refractivity contribution in [2.75, 3.05) is 32.8 Å². The Bertz CT molecular complexity index is 698. The summed E-state index contributed by atoms with van der Waals surface area (Å²) < 4.78 is 10.7. The number of nitrogens with one attached hydrogen (secondary N) is 1. The number of carbonyl (C=O) groups is 2. The first-order valence-electron chi connectivity index (χ1n) is 9.85. The number of aryl methyl sites for hydroxylation is 2. The van der Waals surface area contributed by atoms with Gasteiger partial charge in [-0.25, -0.2) is 4.79 Å². The quantitative estimate of drug-likeness (QED) is 0.862. The van der Waals surface area contributed by atoms with Crippen molar-refractivity contribution in [1.29, 1.82) is 0 Å². The SMILES string of the molecule is Cc1noc(C)c1CC(=O)N1CCC(N2C(=O)NCC23CCOCC3)CC1. The lowest BCUT2D eigenvalue weighted by Crippen LogP contribution is -2.57. The van der Waals surface area contributed by atoms with Crippen LogP contribution in [0.5, 0.6) is 0 Å². The largest absolute Gasteiger partial charge is 0.381 e. The minimum atomic E-state index is -0.108. The number of piperidine rings is 1. The molecule has 0 radical (unpaired) electrons. The first-order chi connectivity index (χ1) is 13.0. The number of amides is 3. The zero-order valence-corrected chi connectivity index (χ0v) is 16.1. The molecule has 0 aromatic carbocycles. The maximum absolute atomic E-state index is 12.7. The fourth-order valence-electron chi connectivity index (χ4n) is 4.74. The number of urea groups is 1. The average Bonchev–Trinajstić information content (AvgIpc) is 3.16. The number of hydrogen-bond donors (Lipinski definition) is 1. The van der Waals surface area contributed by atoms with E-state index in [0.29, 0.717) is 45.0 Å². The van der Waals surface area contributed by atoms with Crippen LogP contribution in [-0.2, 0) is 16.0 Å². The molecule has 0 saturated carbocycles. The Labute approximate surface area is 159 Å². The standard InChI is InChI=1S/C19H28N4O4/c1-13-16(14(2)27-21-13)11-17(24)22-7-3-15(4-8-22)23-18(25)20-12-19(23)5-9-26-10-6-19/h15H,3-12H2,1-2H3,(H,20,25). The van der Waals surface area contributed by atoms with Gasteiger partial charge in [0.2, 0.25) is 5.91 Å². The van der Waals surface area contributed by atoms with Gasteiger partial charge in [0.25, 0.3) is 0 Å². The molecule has 8 heteroatoms. The van der Waals surface area contributed by atoms with E-state index >= 15 is 0 Å². The number of hydrogen-bond acceptors (Lipinski definition) is 5. The van der Waals surface area contributed by atoms with Crippen molar-refractivity contribution in [3.05, 3.63) is 17.0 Å². The number of aromatic nitrogens is 1. The number of nitrogens with zero attached hydrogens (tertiary/aromatic N) is 3. The lowest BCUT2D eigenvalue weighted by molar-refractivity contribution is -0.132. The molecule has 1 aromatic rings. The van der Waals surface area contributed by atoms with E-state index in [2.05, 4.69) is 15.4 Å². The molecule has 0 atom stereocenters. The van der Waals surface area contributed by atoms with Crippen LogP contribution in [0, 0.1) is 13.8 Å². The van der Waals surface area contributed by atoms with Gasteiger partial charge in [0, 0.05) is 44.5 Å². The molecule has 3 aliphatic rings. The van der Waals surface area contributed by atoms with Crippen molar-refractivity contribution in [3.63, 3.8) is 0 Å². The maximum Gasteiger partial charge on any atom is 0.318 e. The van der Waals surface area contributed by atoms with Crippen molar-refractivity contribution in [2.45, 2.75) is 57.5 Å². The van der Waals surface area contributed by atoms with Crippen LogP contribution < -0.4 is 5.32 Å². The molecule has 1 N–H and O–H groups in total. The van der Waals surface area contributed by atoms with E-state index in [9.17, 15) is 9.59 Å². The molecular formula is C19H28N4O4. The summed E-state index contributed by atoms with van der Waals surface area (Å²) in [6.45, 7) is 7.20. The van der Waals surface area contributed by atoms with E-state index < -0.39 is 0 Å². The monoisotopic (exact) mass is 376 g/mol. The Kier molecular flexibility index (Phi) is 4.84. The summed E-state index contributed by atoms with van der Waals surface area (Å²) in [5.74, 6) is 0.820. The van der Waals surface area contributed by atoms with Crippen molar-refractivity contribution in [1.82, 2.24) is 20.3 Å². The van der Waals surface area contributed by atoms with E-state index in [1.54, 1.807) is 0 Å². The zero-order chi connectivity index (χ0) is 19.0. The van der Waals surface area contributed by atoms with E-state index in [4.69, 9.17) is 9.26 Å². The zero-order valence-electron chi connectivity index (χ0n) is 16.1. The molecule has 3 aliphatic heterocycles. The van der Waals surface area contributed by atoms with Crippen molar-refractivity contribution in [2.24, 2.45) is 0 Å². The molecule has 1 aromatic heterocycles. The summed E-state index contributed by atoms with van der Waals surface area (Å²) in [7, 11) is 0. The van der Waals surface area contributed by atoms with Gasteiger partial charge >= 0.3 is 6.03 Å². The minimum absolute atomic E-state index is 0.0393. The average molecular weight is 376 g/mol. The van der Waals surface area contributed by atoms with Crippen LogP contribution in [0.3, 0.4) is 0 Å². The highest BCUT2D eigenvalue weighted by Gasteiger charge is 2.49. The lowest BCUT2D eigenvalue weighted by Gasteiger charge is -2.46. The summed E-state index contributed by atoms with van der Waals surface area (Å²) in [6, 6.07) is 0.228. The summed E-state index contributed by atoms with van der Waals surface area (Å²) in [4.78, 5) is 29.2. The molecule has 3 saturated heterocycles. The van der Waals surface area contributed by atoms with Gasteiger partial charge < -0.3 is 24.4 Å². The van der Waals surface area contributed by atoms with Gasteiger partial charge in [-0.05, 0) is 39.5 Å². The summed E-state index contributed by atoms with van der Waals surface area (Å²) in [6.07, 6.45) is 3.75. The molecular weight excluding hydrogens is 348 g/mol. The maximum atomic E-state index is 12.7. The van der Waals surface area contributed by atoms with Gasteiger partial charge in [0.1, 0.15) is 5.76 Å². The van der Waals surface area contributed by atoms with Gasteiger partial charge in [0.15, 0.2) is 0 Å². The summed E-state index contributed by atoms with van der Waals surface area (Å²) in [5, 5.41) is 6.97. The Morgan fingerprint density at radius 1 is 1.26 bits per heavy atom. The molecule has 0 bridgehead atoms. The third kappa shape index (κ3) is 3.31. The predicted molar refractivity (Wildman–Crippen MR) is 97.3 cm³/mol. The Hall–Kier alpha value is -2.09. The van der Waals surface area contributed by atoms with E-state index in [0.717, 1.165) is 36.9 Å².